The van der Waals surface area contributed by atoms with Crippen LogP contribution in [0.25, 0.3) is 10.6 Å². The number of thiazole rings is 1. The fraction of sp³-hybridized carbons (Fsp3) is 0.111. The van der Waals surface area contributed by atoms with Crippen molar-refractivity contribution in [2.75, 3.05) is 0 Å². The van der Waals surface area contributed by atoms with Crippen LogP contribution in [-0.2, 0) is 12.0 Å². The maximum absolute atomic E-state index is 14.6. The molecule has 1 unspecified atom stereocenters. The molecule has 0 spiro atoms. The van der Waals surface area contributed by atoms with E-state index in [0.717, 1.165) is 12.1 Å². The molecule has 10 heteroatoms. The quantitative estimate of drug-likeness (QED) is 0.519. The maximum atomic E-state index is 14.6. The lowest BCUT2D eigenvalue weighted by molar-refractivity contribution is 0.0787. The second-order valence-electron chi connectivity index (χ2n) is 5.94. The third kappa shape index (κ3) is 3.31. The smallest absolute Gasteiger partial charge is 0.152 e. The Bertz CT molecular complexity index is 1170. The number of rotatable bonds is 5. The normalized spacial score (nSPS) is 13.2. The predicted molar refractivity (Wildman–Crippen MR) is 99.6 cm³/mol. The molecule has 4 rings (SSSR count). The van der Waals surface area contributed by atoms with E-state index in [1.54, 1.807) is 16.8 Å². The highest BCUT2D eigenvalue weighted by molar-refractivity contribution is 7.14. The summed E-state index contributed by atoms with van der Waals surface area (Å²) in [5.74, 6) is -1.25. The molecule has 0 aliphatic heterocycles. The van der Waals surface area contributed by atoms with Crippen molar-refractivity contribution in [1.29, 1.82) is 5.26 Å². The summed E-state index contributed by atoms with van der Waals surface area (Å²) in [6, 6.07) is 6.70. The molecule has 0 aliphatic carbocycles. The molecule has 0 aliphatic rings. The molecule has 0 bridgehead atoms. The van der Waals surface area contributed by atoms with E-state index < -0.39 is 17.2 Å². The Balaban J connectivity index is 1.81. The van der Waals surface area contributed by atoms with E-state index in [1.165, 1.54) is 35.1 Å². The highest BCUT2D eigenvalue weighted by Gasteiger charge is 2.37. The van der Waals surface area contributed by atoms with Crippen LogP contribution < -0.4 is 0 Å². The fourth-order valence-corrected chi connectivity index (χ4v) is 4.64. The van der Waals surface area contributed by atoms with Crippen LogP contribution in [0.2, 0.25) is 0 Å². The van der Waals surface area contributed by atoms with Gasteiger partial charge < -0.3 is 5.11 Å². The largest absolute Gasteiger partial charge is 0.379 e. The molecule has 4 aromatic rings. The summed E-state index contributed by atoms with van der Waals surface area (Å²) >= 11 is 2.51. The second-order valence-corrected chi connectivity index (χ2v) is 7.71. The van der Waals surface area contributed by atoms with Crippen molar-refractivity contribution >= 4 is 22.7 Å². The number of aliphatic hydroxyl groups is 1. The average Bonchev–Trinajstić information content (AvgIpc) is 3.42. The first-order chi connectivity index (χ1) is 13.5. The number of hydrogen-bond donors (Lipinski definition) is 2. The van der Waals surface area contributed by atoms with E-state index >= 15 is 0 Å². The number of nitriles is 1. The van der Waals surface area contributed by atoms with Crippen LogP contribution in [0.5, 0.6) is 0 Å². The van der Waals surface area contributed by atoms with Crippen molar-refractivity contribution in [2.24, 2.45) is 0 Å². The zero-order valence-electron chi connectivity index (χ0n) is 14.1. The number of benzene rings is 1. The first kappa shape index (κ1) is 18.4. The van der Waals surface area contributed by atoms with Crippen molar-refractivity contribution in [2.45, 2.75) is 12.0 Å². The molecule has 0 amide bonds. The zero-order chi connectivity index (χ0) is 19.7. The molecular weight excluding hydrogens is 404 g/mol. The number of nitrogens with one attached hydrogen (secondary N) is 1. The van der Waals surface area contributed by atoms with Gasteiger partial charge in [0.2, 0.25) is 0 Å². The molecule has 3 aromatic heterocycles. The van der Waals surface area contributed by atoms with E-state index in [-0.39, 0.29) is 12.0 Å². The van der Waals surface area contributed by atoms with Gasteiger partial charge in [-0.3, -0.25) is 5.10 Å². The minimum absolute atomic E-state index is 0.0736. The SMILES string of the molecule is N#Cc1csc(-c2csc(C(O)(Cc3ncn[nH]3)c3ccc(F)cc3F)c2)n1. The predicted octanol–water partition coefficient (Wildman–Crippen LogP) is 3.62. The molecule has 0 fully saturated rings. The highest BCUT2D eigenvalue weighted by atomic mass is 32.1. The lowest BCUT2D eigenvalue weighted by Crippen LogP contribution is -2.31. The Morgan fingerprint density at radius 2 is 2.07 bits per heavy atom. The number of nitrogens with zero attached hydrogens (tertiary/aromatic N) is 4. The van der Waals surface area contributed by atoms with Gasteiger partial charge in [0.05, 0.1) is 0 Å². The summed E-state index contributed by atoms with van der Waals surface area (Å²) in [5, 5.41) is 30.9. The van der Waals surface area contributed by atoms with E-state index in [4.69, 9.17) is 5.26 Å². The van der Waals surface area contributed by atoms with Crippen molar-refractivity contribution in [3.8, 4) is 16.6 Å². The van der Waals surface area contributed by atoms with Crippen molar-refractivity contribution in [3.63, 3.8) is 0 Å². The first-order valence-corrected chi connectivity index (χ1v) is 9.72. The zero-order valence-corrected chi connectivity index (χ0v) is 15.7. The number of H-pyrrole nitrogens is 1. The summed E-state index contributed by atoms with van der Waals surface area (Å²) in [6.07, 6.45) is 1.20. The van der Waals surface area contributed by atoms with E-state index in [1.807, 2.05) is 6.07 Å². The van der Waals surface area contributed by atoms with Gasteiger partial charge in [-0.2, -0.15) is 10.4 Å². The summed E-state index contributed by atoms with van der Waals surface area (Å²) < 4.78 is 27.9. The van der Waals surface area contributed by atoms with Crippen LogP contribution in [0.1, 0.15) is 22.0 Å². The van der Waals surface area contributed by atoms with Gasteiger partial charge in [0, 0.05) is 39.3 Å². The molecule has 1 aromatic carbocycles. The van der Waals surface area contributed by atoms with Crippen molar-refractivity contribution in [1.82, 2.24) is 20.2 Å². The molecule has 1 atom stereocenters. The lowest BCUT2D eigenvalue weighted by Gasteiger charge is -2.27. The van der Waals surface area contributed by atoms with Gasteiger partial charge in [0.15, 0.2) is 5.69 Å². The monoisotopic (exact) mass is 415 g/mol. The van der Waals surface area contributed by atoms with Gasteiger partial charge in [-0.05, 0) is 18.2 Å². The number of hydrogen-bond acceptors (Lipinski definition) is 7. The van der Waals surface area contributed by atoms with Gasteiger partial charge in [-0.25, -0.2) is 18.7 Å². The third-order valence-corrected chi connectivity index (χ3v) is 6.11. The number of thiophene rings is 1. The van der Waals surface area contributed by atoms with Crippen molar-refractivity contribution < 1.29 is 13.9 Å². The molecule has 3 heterocycles. The van der Waals surface area contributed by atoms with Crippen LogP contribution in [0.15, 0.2) is 41.4 Å². The molecule has 0 saturated heterocycles. The molecule has 28 heavy (non-hydrogen) atoms. The molecule has 6 nitrogen and oxygen atoms in total. The number of halogens is 2. The first-order valence-electron chi connectivity index (χ1n) is 7.97. The second kappa shape index (κ2) is 7.20. The Labute approximate surface area is 165 Å². The lowest BCUT2D eigenvalue weighted by atomic mass is 9.87. The molecule has 140 valence electrons. The Hall–Kier alpha value is -3.00. The summed E-state index contributed by atoms with van der Waals surface area (Å²) in [4.78, 5) is 8.65. The van der Waals surface area contributed by atoms with Crippen molar-refractivity contribution in [3.05, 3.63) is 74.9 Å². The van der Waals surface area contributed by atoms with Crippen LogP contribution in [0.3, 0.4) is 0 Å². The van der Waals surface area contributed by atoms with E-state index in [9.17, 15) is 13.9 Å². The topological polar surface area (TPSA) is 98.5 Å². The molecule has 0 radical (unpaired) electrons. The Morgan fingerprint density at radius 3 is 2.75 bits per heavy atom. The van der Waals surface area contributed by atoms with Crippen LogP contribution in [0.4, 0.5) is 8.78 Å². The summed E-state index contributed by atoms with van der Waals surface area (Å²) in [7, 11) is 0. The van der Waals surface area contributed by atoms with Crippen LogP contribution in [-0.4, -0.2) is 25.3 Å². The van der Waals surface area contributed by atoms with E-state index in [2.05, 4.69) is 20.2 Å². The standard InChI is InChI=1S/C18H11F2N5OS2/c19-11-1-2-13(14(20)4-11)18(26,5-16-22-9-23-25-16)15-3-10(7-27-15)17-24-12(6-21)8-28-17/h1-4,7-9,26H,5H2,(H,22,23,25). The summed E-state index contributed by atoms with van der Waals surface area (Å²) in [5.41, 5.74) is -0.870. The minimum atomic E-state index is -1.80. The van der Waals surface area contributed by atoms with Crippen LogP contribution in [0, 0.1) is 23.0 Å². The Morgan fingerprint density at radius 1 is 1.21 bits per heavy atom. The summed E-state index contributed by atoms with van der Waals surface area (Å²) in [6.45, 7) is 0. The average molecular weight is 415 g/mol. The van der Waals surface area contributed by atoms with Crippen LogP contribution >= 0.6 is 22.7 Å². The highest BCUT2D eigenvalue weighted by Crippen LogP contribution is 2.40. The van der Waals surface area contributed by atoms with Gasteiger partial charge in [0.25, 0.3) is 0 Å². The minimum Gasteiger partial charge on any atom is -0.379 e. The van der Waals surface area contributed by atoms with Gasteiger partial charge in [-0.1, -0.05) is 0 Å². The molecule has 0 saturated carbocycles. The fourth-order valence-electron chi connectivity index (χ4n) is 2.82. The Kier molecular flexibility index (Phi) is 4.72. The number of aromatic amines is 1. The molecule has 2 N–H and O–H groups in total. The maximum Gasteiger partial charge on any atom is 0.152 e. The van der Waals surface area contributed by atoms with E-state index in [0.29, 0.717) is 27.0 Å². The van der Waals surface area contributed by atoms with Gasteiger partial charge >= 0.3 is 0 Å². The molecular formula is C18H11F2N5OS2. The van der Waals surface area contributed by atoms with Gasteiger partial charge in [-0.15, -0.1) is 22.7 Å². The third-order valence-electron chi connectivity index (χ3n) is 4.14. The van der Waals surface area contributed by atoms with Gasteiger partial charge in [0.1, 0.15) is 40.5 Å². The number of aromatic nitrogens is 4.